The molecule has 1 fully saturated rings. The number of hydrogen-bond acceptors (Lipinski definition) is 9. The predicted octanol–water partition coefficient (Wildman–Crippen LogP) is 2.92. The Morgan fingerprint density at radius 1 is 0.980 bits per heavy atom. The Morgan fingerprint density at radius 2 is 1.76 bits per heavy atom. The number of morpholine rings is 1. The highest BCUT2D eigenvalue weighted by atomic mass is 16.5. The Kier molecular flexibility index (Phi) is 9.32. The smallest absolute Gasteiger partial charge is 0.306 e. The van der Waals surface area contributed by atoms with Crippen LogP contribution >= 0.6 is 0 Å². The second-order valence-corrected chi connectivity index (χ2v) is 12.5. The summed E-state index contributed by atoms with van der Waals surface area (Å²) < 4.78 is 12.2. The molecule has 4 aromatic rings. The number of ether oxygens (including phenoxy) is 2. The molecule has 12 heteroatoms. The van der Waals surface area contributed by atoms with Crippen molar-refractivity contribution < 1.29 is 23.9 Å². The molecule has 1 unspecified atom stereocenters. The molecule has 0 spiro atoms. The molecular weight excluding hydrogens is 624 g/mol. The maximum Gasteiger partial charge on any atom is 0.306 e. The van der Waals surface area contributed by atoms with E-state index in [4.69, 9.17) is 19.5 Å². The normalized spacial score (nSPS) is 17.4. The summed E-state index contributed by atoms with van der Waals surface area (Å²) in [6, 6.07) is 20.6. The zero-order valence-electron chi connectivity index (χ0n) is 27.4. The maximum absolute atomic E-state index is 14.4. The van der Waals surface area contributed by atoms with Gasteiger partial charge in [0.1, 0.15) is 6.61 Å². The highest BCUT2D eigenvalue weighted by molar-refractivity contribution is 6.20. The summed E-state index contributed by atoms with van der Waals surface area (Å²) in [7, 11) is 0. The molecule has 4 heterocycles. The second-order valence-electron chi connectivity index (χ2n) is 12.5. The van der Waals surface area contributed by atoms with E-state index < -0.39 is 17.7 Å². The number of esters is 1. The van der Waals surface area contributed by atoms with E-state index in [1.165, 1.54) is 4.57 Å². The number of aliphatic imine (C=N–C) groups is 1. The van der Waals surface area contributed by atoms with Gasteiger partial charge in [0, 0.05) is 50.3 Å². The molecule has 49 heavy (non-hydrogen) atoms. The predicted molar refractivity (Wildman–Crippen MR) is 184 cm³/mol. The topological polar surface area (TPSA) is 135 Å². The van der Waals surface area contributed by atoms with Crippen LogP contribution in [0.15, 0.2) is 76.5 Å². The van der Waals surface area contributed by atoms with Gasteiger partial charge in [-0.05, 0) is 37.1 Å². The average Bonchev–Trinajstić information content (AvgIpc) is 3.50. The summed E-state index contributed by atoms with van der Waals surface area (Å²) in [5.41, 5.74) is 5.07. The molecule has 12 nitrogen and oxygen atoms in total. The monoisotopic (exact) mass is 662 g/mol. The lowest BCUT2D eigenvalue weighted by Crippen LogP contribution is -2.41. The zero-order valence-corrected chi connectivity index (χ0v) is 27.4. The van der Waals surface area contributed by atoms with Gasteiger partial charge in [0.25, 0.3) is 11.5 Å². The fourth-order valence-electron chi connectivity index (χ4n) is 6.73. The Balaban J connectivity index is 1.17. The van der Waals surface area contributed by atoms with Gasteiger partial charge in [-0.25, -0.2) is 9.98 Å². The first kappa shape index (κ1) is 32.4. The summed E-state index contributed by atoms with van der Waals surface area (Å²) in [5.74, 6) is -1.15. The minimum absolute atomic E-state index is 0.0410. The van der Waals surface area contributed by atoms with Crippen LogP contribution in [0.5, 0.6) is 0 Å². The Morgan fingerprint density at radius 3 is 2.57 bits per heavy atom. The number of anilines is 1. The van der Waals surface area contributed by atoms with Gasteiger partial charge >= 0.3 is 5.97 Å². The molecule has 7 rings (SSSR count). The molecule has 2 amide bonds. The van der Waals surface area contributed by atoms with Crippen LogP contribution in [0.2, 0.25) is 0 Å². The lowest BCUT2D eigenvalue weighted by Gasteiger charge is -2.26. The van der Waals surface area contributed by atoms with Crippen LogP contribution in [0, 0.1) is 6.92 Å². The van der Waals surface area contributed by atoms with Crippen LogP contribution in [0.1, 0.15) is 47.1 Å². The number of fused-ring (bicyclic) bond motifs is 1. The molecule has 1 atom stereocenters. The number of aromatic nitrogens is 2. The largest absolute Gasteiger partial charge is 0.457 e. The van der Waals surface area contributed by atoms with E-state index in [0.717, 1.165) is 41.0 Å². The lowest BCUT2D eigenvalue weighted by atomic mass is 9.96. The number of amides is 2. The minimum Gasteiger partial charge on any atom is -0.457 e. The molecule has 1 N–H and O–H groups in total. The van der Waals surface area contributed by atoms with Gasteiger partial charge in [0.15, 0.2) is 5.82 Å². The Labute approximate surface area is 283 Å². The highest BCUT2D eigenvalue weighted by Gasteiger charge is 2.39. The van der Waals surface area contributed by atoms with E-state index in [9.17, 15) is 19.2 Å². The van der Waals surface area contributed by atoms with Gasteiger partial charge in [-0.1, -0.05) is 54.1 Å². The van der Waals surface area contributed by atoms with Crippen LogP contribution in [-0.2, 0) is 36.9 Å². The van der Waals surface area contributed by atoms with Crippen LogP contribution in [0.4, 0.5) is 5.69 Å². The van der Waals surface area contributed by atoms with Crippen molar-refractivity contribution in [2.24, 2.45) is 4.99 Å². The number of carbonyl (C=O) groups excluding carboxylic acids is 3. The number of aryl methyl sites for hydroxylation is 1. The van der Waals surface area contributed by atoms with E-state index in [-0.39, 0.29) is 37.1 Å². The number of para-hydroxylation sites is 1. The quantitative estimate of drug-likeness (QED) is 0.256. The van der Waals surface area contributed by atoms with Gasteiger partial charge in [-0.15, -0.1) is 0 Å². The summed E-state index contributed by atoms with van der Waals surface area (Å²) in [6.45, 7) is 6.30. The summed E-state index contributed by atoms with van der Waals surface area (Å²) in [4.78, 5) is 67.7. The number of hydrogen-bond donors (Lipinski definition) is 1. The van der Waals surface area contributed by atoms with Crippen molar-refractivity contribution in [1.82, 2.24) is 19.8 Å². The van der Waals surface area contributed by atoms with Crippen molar-refractivity contribution in [2.45, 2.75) is 39.0 Å². The molecule has 252 valence electrons. The maximum atomic E-state index is 14.4. The molecule has 0 bridgehead atoms. The third-order valence-electron chi connectivity index (χ3n) is 9.15. The Bertz CT molecular complexity index is 2000. The number of benzene rings is 3. The van der Waals surface area contributed by atoms with E-state index in [0.29, 0.717) is 55.9 Å². The molecule has 3 aliphatic rings. The van der Waals surface area contributed by atoms with E-state index in [1.807, 2.05) is 43.3 Å². The van der Waals surface area contributed by atoms with Crippen molar-refractivity contribution in [1.29, 1.82) is 0 Å². The summed E-state index contributed by atoms with van der Waals surface area (Å²) in [5, 5.41) is 3.16. The minimum atomic E-state index is -1.30. The van der Waals surface area contributed by atoms with E-state index in [2.05, 4.69) is 16.3 Å². The molecule has 3 aromatic carbocycles. The van der Waals surface area contributed by atoms with Gasteiger partial charge in [0.05, 0.1) is 41.9 Å². The first-order valence-electron chi connectivity index (χ1n) is 16.7. The number of nitrogens with zero attached hydrogens (tertiary/aromatic N) is 5. The third kappa shape index (κ3) is 6.74. The molecular formula is C37H38N6O6. The third-order valence-corrected chi connectivity index (χ3v) is 9.15. The number of carbonyl (C=O) groups is 3. The van der Waals surface area contributed by atoms with E-state index >= 15 is 0 Å². The van der Waals surface area contributed by atoms with Gasteiger partial charge in [0.2, 0.25) is 12.1 Å². The van der Waals surface area contributed by atoms with Gasteiger partial charge in [-0.2, -0.15) is 0 Å². The standard InChI is InChI=1S/C37H38N6O6/c1-24-21-26-13-15-42-34(26)28(22-24)33(25-7-3-2-4-8-25)40-35(37(42)47)43-30(39-29-10-6-5-9-27(29)36(43)46)23-49-32(45)12-11-31(44)38-14-16-41-17-19-48-20-18-41/h2-10,21-22,35H,11-20,23H2,1H3,(H,38,44). The number of nitrogens with one attached hydrogen (secondary N) is 1. The fraction of sp³-hybridized carbons (Fsp3) is 0.351. The van der Waals surface area contributed by atoms with Crippen LogP contribution < -0.4 is 15.8 Å². The van der Waals surface area contributed by atoms with Crippen molar-refractivity contribution in [2.75, 3.05) is 50.8 Å². The molecule has 3 aliphatic heterocycles. The molecule has 0 aliphatic carbocycles. The highest BCUT2D eigenvalue weighted by Crippen LogP contribution is 2.39. The average molecular weight is 663 g/mol. The zero-order chi connectivity index (χ0) is 33.9. The van der Waals surface area contributed by atoms with Crippen molar-refractivity contribution >= 4 is 40.1 Å². The van der Waals surface area contributed by atoms with Crippen molar-refractivity contribution in [3.63, 3.8) is 0 Å². The molecule has 1 aromatic heterocycles. The van der Waals surface area contributed by atoms with Crippen molar-refractivity contribution in [3.05, 3.63) is 105 Å². The van der Waals surface area contributed by atoms with Crippen LogP contribution in [0.25, 0.3) is 10.9 Å². The lowest BCUT2D eigenvalue weighted by molar-refractivity contribution is -0.146. The molecule has 0 saturated carbocycles. The molecule has 1 saturated heterocycles. The van der Waals surface area contributed by atoms with Crippen molar-refractivity contribution in [3.8, 4) is 0 Å². The van der Waals surface area contributed by atoms with Gasteiger partial charge < -0.3 is 19.7 Å². The second kappa shape index (κ2) is 14.1. The van der Waals surface area contributed by atoms with Crippen LogP contribution in [-0.4, -0.2) is 83.9 Å². The summed E-state index contributed by atoms with van der Waals surface area (Å²) in [6.07, 6.45) is -0.809. The SMILES string of the molecule is Cc1cc2c3c(c1)C(c1ccccc1)=NC(n1c(COC(=O)CCC(=O)NCCN4CCOCC4)nc4ccccc4c1=O)C(=O)N3CC2. The molecule has 0 radical (unpaired) electrons. The van der Waals surface area contributed by atoms with Gasteiger partial charge in [-0.3, -0.25) is 28.6 Å². The Hall–Kier alpha value is -5.20. The number of rotatable bonds is 10. The summed E-state index contributed by atoms with van der Waals surface area (Å²) >= 11 is 0. The first-order valence-corrected chi connectivity index (χ1v) is 16.7. The fourth-order valence-corrected chi connectivity index (χ4v) is 6.73. The van der Waals surface area contributed by atoms with E-state index in [1.54, 1.807) is 29.2 Å². The van der Waals surface area contributed by atoms with Crippen LogP contribution in [0.3, 0.4) is 0 Å². The first-order chi connectivity index (χ1) is 23.9.